The molecule has 2 aromatic rings. The van der Waals surface area contributed by atoms with Crippen molar-refractivity contribution in [2.45, 2.75) is 38.8 Å². The van der Waals surface area contributed by atoms with Crippen LogP contribution >= 0.6 is 11.6 Å². The quantitative estimate of drug-likeness (QED) is 0.839. The van der Waals surface area contributed by atoms with Crippen LogP contribution in [0.3, 0.4) is 0 Å². The third-order valence-corrected chi connectivity index (χ3v) is 3.82. The van der Waals surface area contributed by atoms with Crippen molar-refractivity contribution in [3.05, 3.63) is 23.7 Å². The van der Waals surface area contributed by atoms with Crippen molar-refractivity contribution in [3.63, 3.8) is 0 Å². The number of carbonyl (C=O) groups is 1. The van der Waals surface area contributed by atoms with Crippen LogP contribution in [0.4, 0.5) is 10.6 Å². The molecular weight excluding hydrogens is 330 g/mol. The summed E-state index contributed by atoms with van der Waals surface area (Å²) in [5.41, 5.74) is 0.188. The fourth-order valence-corrected chi connectivity index (χ4v) is 2.80. The van der Waals surface area contributed by atoms with Gasteiger partial charge in [0.25, 0.3) is 0 Å². The molecule has 1 aliphatic heterocycles. The molecule has 1 atom stereocenters. The topological polar surface area (TPSA) is 80.2 Å². The number of pyridine rings is 1. The number of aromatic nitrogens is 3. The average Bonchev–Trinajstić information content (AvgIpc) is 2.94. The number of rotatable bonds is 2. The summed E-state index contributed by atoms with van der Waals surface area (Å²) in [6.45, 7) is 6.79. The average molecular weight is 350 g/mol. The highest BCUT2D eigenvalue weighted by Crippen LogP contribution is 2.24. The Morgan fingerprint density at radius 2 is 2.21 bits per heavy atom. The van der Waals surface area contributed by atoms with Crippen LogP contribution in [0.15, 0.2) is 18.5 Å². The number of halogens is 1. The van der Waals surface area contributed by atoms with Gasteiger partial charge in [-0.25, -0.2) is 14.8 Å². The van der Waals surface area contributed by atoms with Crippen LogP contribution in [0, 0.1) is 0 Å². The van der Waals surface area contributed by atoms with E-state index in [0.29, 0.717) is 24.4 Å². The van der Waals surface area contributed by atoms with Crippen molar-refractivity contribution in [3.8, 4) is 0 Å². The minimum absolute atomic E-state index is 0.0832. The lowest BCUT2D eigenvalue weighted by molar-refractivity contribution is 0.0293. The first-order valence-corrected chi connectivity index (χ1v) is 8.21. The van der Waals surface area contributed by atoms with Gasteiger partial charge in [0.2, 0.25) is 5.28 Å². The minimum Gasteiger partial charge on any atom is -0.444 e. The molecule has 3 heterocycles. The number of nitrogens with zero attached hydrogens (tertiary/aromatic N) is 4. The largest absolute Gasteiger partial charge is 0.444 e. The molecule has 8 heteroatoms. The van der Waals surface area contributed by atoms with E-state index in [1.54, 1.807) is 17.3 Å². The third kappa shape index (κ3) is 3.84. The first kappa shape index (κ1) is 16.7. The van der Waals surface area contributed by atoms with Gasteiger partial charge in [-0.15, -0.1) is 0 Å². The molecule has 0 bridgehead atoms. The summed E-state index contributed by atoms with van der Waals surface area (Å²) in [7, 11) is 0. The molecule has 1 saturated heterocycles. The number of hydrogen-bond acceptors (Lipinski definition) is 6. The van der Waals surface area contributed by atoms with E-state index in [2.05, 4.69) is 20.3 Å². The number of amides is 1. The van der Waals surface area contributed by atoms with Gasteiger partial charge in [0.05, 0.1) is 11.7 Å². The summed E-state index contributed by atoms with van der Waals surface area (Å²) in [6, 6.07) is 1.93. The van der Waals surface area contributed by atoms with Crippen molar-refractivity contribution < 1.29 is 9.53 Å². The van der Waals surface area contributed by atoms with Crippen LogP contribution < -0.4 is 5.32 Å². The predicted molar refractivity (Wildman–Crippen MR) is 92.2 cm³/mol. The highest BCUT2D eigenvalue weighted by atomic mass is 35.5. The number of nitrogens with one attached hydrogen (secondary N) is 1. The number of ether oxygens (including phenoxy) is 1. The Balaban J connectivity index is 1.71. The molecule has 2 aromatic heterocycles. The highest BCUT2D eigenvalue weighted by molar-refractivity contribution is 6.28. The van der Waals surface area contributed by atoms with Crippen molar-refractivity contribution in [1.29, 1.82) is 0 Å². The predicted octanol–water partition coefficient (Wildman–Crippen LogP) is 3.10. The summed E-state index contributed by atoms with van der Waals surface area (Å²) in [4.78, 5) is 26.3. The van der Waals surface area contributed by atoms with E-state index in [1.807, 2.05) is 26.8 Å². The van der Waals surface area contributed by atoms with Gasteiger partial charge >= 0.3 is 6.09 Å². The summed E-state index contributed by atoms with van der Waals surface area (Å²) < 4.78 is 5.41. The monoisotopic (exact) mass is 349 g/mol. The molecule has 1 fully saturated rings. The standard InChI is InChI=1S/C16H20ClN5O2/c1-16(2,3)24-15(23)22-7-5-10(9-22)19-13-11-4-6-18-8-12(11)20-14(17)21-13/h4,6,8,10H,5,7,9H2,1-3H3,(H,19,20,21). The van der Waals surface area contributed by atoms with Gasteiger partial charge in [-0.05, 0) is 44.9 Å². The van der Waals surface area contributed by atoms with Crippen molar-refractivity contribution >= 4 is 34.4 Å². The lowest BCUT2D eigenvalue weighted by atomic mass is 10.2. The molecule has 3 rings (SSSR count). The van der Waals surface area contributed by atoms with Crippen molar-refractivity contribution in [1.82, 2.24) is 19.9 Å². The van der Waals surface area contributed by atoms with Gasteiger partial charge in [0.15, 0.2) is 0 Å². The lowest BCUT2D eigenvalue weighted by Crippen LogP contribution is -2.36. The molecule has 0 spiro atoms. The molecule has 0 aromatic carbocycles. The zero-order valence-electron chi connectivity index (χ0n) is 13.9. The van der Waals surface area contributed by atoms with Crippen LogP contribution in [0.25, 0.3) is 10.9 Å². The minimum atomic E-state index is -0.494. The Bertz CT molecular complexity index is 762. The molecule has 1 unspecified atom stereocenters. The second-order valence-corrected chi connectivity index (χ2v) is 7.13. The number of carbonyl (C=O) groups excluding carboxylic acids is 1. The smallest absolute Gasteiger partial charge is 0.410 e. The maximum absolute atomic E-state index is 12.1. The zero-order valence-corrected chi connectivity index (χ0v) is 14.7. The number of likely N-dealkylation sites (tertiary alicyclic amines) is 1. The molecule has 1 aliphatic rings. The maximum Gasteiger partial charge on any atom is 0.410 e. The van der Waals surface area contributed by atoms with Crippen LogP contribution in [-0.4, -0.2) is 50.7 Å². The Labute approximate surface area is 145 Å². The molecule has 1 amide bonds. The lowest BCUT2D eigenvalue weighted by Gasteiger charge is -2.24. The van der Waals surface area contributed by atoms with Gasteiger partial charge in [0.1, 0.15) is 11.4 Å². The first-order chi connectivity index (χ1) is 11.3. The van der Waals surface area contributed by atoms with Gasteiger partial charge in [-0.2, -0.15) is 0 Å². The molecule has 0 aliphatic carbocycles. The molecule has 24 heavy (non-hydrogen) atoms. The summed E-state index contributed by atoms with van der Waals surface area (Å²) in [5.74, 6) is 0.656. The summed E-state index contributed by atoms with van der Waals surface area (Å²) in [5, 5.41) is 4.38. The van der Waals surface area contributed by atoms with Crippen LogP contribution in [0.5, 0.6) is 0 Å². The van der Waals surface area contributed by atoms with Crippen molar-refractivity contribution in [2.75, 3.05) is 18.4 Å². The van der Waals surface area contributed by atoms with Gasteiger partial charge in [-0.1, -0.05) is 0 Å². The summed E-state index contributed by atoms with van der Waals surface area (Å²) >= 11 is 5.99. The Hall–Kier alpha value is -2.15. The Kier molecular flexibility index (Phi) is 4.45. The molecule has 128 valence electrons. The molecule has 1 N–H and O–H groups in total. The van der Waals surface area contributed by atoms with E-state index in [4.69, 9.17) is 16.3 Å². The van der Waals surface area contributed by atoms with Gasteiger partial charge < -0.3 is 15.0 Å². The van der Waals surface area contributed by atoms with Gasteiger partial charge in [0, 0.05) is 30.7 Å². The number of anilines is 1. The molecule has 0 saturated carbocycles. The molecule has 0 radical (unpaired) electrons. The van der Waals surface area contributed by atoms with E-state index in [9.17, 15) is 4.79 Å². The fraction of sp³-hybridized carbons (Fsp3) is 0.500. The Morgan fingerprint density at radius 3 is 2.96 bits per heavy atom. The van der Waals surface area contributed by atoms with Crippen molar-refractivity contribution in [2.24, 2.45) is 0 Å². The van der Waals surface area contributed by atoms with Crippen LogP contribution in [0.1, 0.15) is 27.2 Å². The van der Waals surface area contributed by atoms with E-state index in [0.717, 1.165) is 11.8 Å². The number of fused-ring (bicyclic) bond motifs is 1. The van der Waals surface area contributed by atoms with Crippen LogP contribution in [-0.2, 0) is 4.74 Å². The maximum atomic E-state index is 12.1. The Morgan fingerprint density at radius 1 is 1.42 bits per heavy atom. The first-order valence-electron chi connectivity index (χ1n) is 7.83. The van der Waals surface area contributed by atoms with E-state index in [1.165, 1.54) is 0 Å². The second kappa shape index (κ2) is 6.39. The molecular formula is C16H20ClN5O2. The van der Waals surface area contributed by atoms with E-state index in [-0.39, 0.29) is 17.4 Å². The normalized spacial score (nSPS) is 18.0. The number of hydrogen-bond donors (Lipinski definition) is 1. The highest BCUT2D eigenvalue weighted by Gasteiger charge is 2.30. The second-order valence-electron chi connectivity index (χ2n) is 6.79. The summed E-state index contributed by atoms with van der Waals surface area (Å²) in [6.07, 6.45) is 3.86. The SMILES string of the molecule is CC(C)(C)OC(=O)N1CCC(Nc2nc(Cl)nc3cnccc23)C1. The fourth-order valence-electron chi connectivity index (χ4n) is 2.63. The van der Waals surface area contributed by atoms with Crippen LogP contribution in [0.2, 0.25) is 5.28 Å². The zero-order chi connectivity index (χ0) is 17.3. The van der Waals surface area contributed by atoms with Gasteiger partial charge in [-0.3, -0.25) is 4.98 Å². The molecule has 7 nitrogen and oxygen atoms in total. The van der Waals surface area contributed by atoms with E-state index >= 15 is 0 Å². The van der Waals surface area contributed by atoms with E-state index < -0.39 is 5.60 Å². The third-order valence-electron chi connectivity index (χ3n) is 3.65.